The normalized spacial score (nSPS) is 10.2. The number of ether oxygens (including phenoxy) is 2. The number of esters is 2. The molecule has 0 spiro atoms. The van der Waals surface area contributed by atoms with Gasteiger partial charge in [-0.05, 0) is 19.2 Å². The molecule has 0 N–H and O–H groups in total. The van der Waals surface area contributed by atoms with Gasteiger partial charge >= 0.3 is 11.9 Å². The molecule has 0 amide bonds. The van der Waals surface area contributed by atoms with Crippen LogP contribution in [0.2, 0.25) is 0 Å². The molecule has 0 aliphatic carbocycles. The monoisotopic (exact) mass is 252 g/mol. The van der Waals surface area contributed by atoms with E-state index in [1.807, 2.05) is 0 Å². The fraction of sp³-hybridized carbons (Fsp3) is 0.417. The van der Waals surface area contributed by atoms with Gasteiger partial charge in [-0.25, -0.2) is 4.79 Å². The Morgan fingerprint density at radius 2 is 2.06 bits per heavy atom. The first kappa shape index (κ1) is 14.1. The number of rotatable bonds is 5. The largest absolute Gasteiger partial charge is 0.468 e. The van der Waals surface area contributed by atoms with Crippen molar-refractivity contribution in [1.82, 2.24) is 9.88 Å². The van der Waals surface area contributed by atoms with E-state index in [0.29, 0.717) is 17.8 Å². The predicted octanol–water partition coefficient (Wildman–Crippen LogP) is 0.473. The second-order valence-corrected chi connectivity index (χ2v) is 3.78. The van der Waals surface area contributed by atoms with Gasteiger partial charge in [0, 0.05) is 12.7 Å². The van der Waals surface area contributed by atoms with E-state index in [1.165, 1.54) is 20.4 Å². The molecule has 1 aromatic rings. The van der Waals surface area contributed by atoms with Crippen LogP contribution in [0.4, 0.5) is 0 Å². The summed E-state index contributed by atoms with van der Waals surface area (Å²) in [4.78, 5) is 28.3. The van der Waals surface area contributed by atoms with Gasteiger partial charge in [0.05, 0.1) is 32.0 Å². The van der Waals surface area contributed by atoms with E-state index >= 15 is 0 Å². The lowest BCUT2D eigenvalue weighted by atomic mass is 10.2. The highest BCUT2D eigenvalue weighted by Gasteiger charge is 2.10. The van der Waals surface area contributed by atoms with E-state index in [2.05, 4.69) is 14.5 Å². The molecule has 1 rings (SSSR count). The maximum atomic E-state index is 11.3. The van der Waals surface area contributed by atoms with E-state index in [1.54, 1.807) is 24.1 Å². The van der Waals surface area contributed by atoms with Crippen LogP contribution in [0.15, 0.2) is 18.3 Å². The smallest absolute Gasteiger partial charge is 0.337 e. The Hall–Kier alpha value is -1.95. The Bertz CT molecular complexity index is 434. The number of methoxy groups -OCH3 is 2. The molecule has 6 nitrogen and oxygen atoms in total. The molecule has 0 radical (unpaired) electrons. The molecule has 0 unspecified atom stereocenters. The van der Waals surface area contributed by atoms with Crippen molar-refractivity contribution in [3.63, 3.8) is 0 Å². The quantitative estimate of drug-likeness (QED) is 0.710. The number of hydrogen-bond acceptors (Lipinski definition) is 6. The number of hydrogen-bond donors (Lipinski definition) is 0. The van der Waals surface area contributed by atoms with Crippen LogP contribution < -0.4 is 0 Å². The molecule has 18 heavy (non-hydrogen) atoms. The lowest BCUT2D eigenvalue weighted by Gasteiger charge is -2.14. The molecule has 0 saturated heterocycles. The summed E-state index contributed by atoms with van der Waals surface area (Å²) in [6.07, 6.45) is 1.54. The van der Waals surface area contributed by atoms with Gasteiger partial charge in [-0.15, -0.1) is 0 Å². The van der Waals surface area contributed by atoms with Gasteiger partial charge in [-0.3, -0.25) is 14.7 Å². The average molecular weight is 252 g/mol. The standard InChI is InChI=1S/C12H16N2O4/c1-14(8-11(15)17-2)7-10-6-9(4-5-13-10)12(16)18-3/h4-6H,7-8H2,1-3H3. The third-order valence-corrected chi connectivity index (χ3v) is 2.30. The molecular formula is C12H16N2O4. The number of aromatic nitrogens is 1. The second-order valence-electron chi connectivity index (χ2n) is 3.78. The second kappa shape index (κ2) is 6.70. The van der Waals surface area contributed by atoms with Crippen LogP contribution in [0.5, 0.6) is 0 Å². The van der Waals surface area contributed by atoms with E-state index in [0.717, 1.165) is 0 Å². The number of carbonyl (C=O) groups is 2. The Balaban J connectivity index is 2.67. The summed E-state index contributed by atoms with van der Waals surface area (Å²) in [5.41, 5.74) is 1.12. The summed E-state index contributed by atoms with van der Waals surface area (Å²) in [5.74, 6) is -0.726. The summed E-state index contributed by atoms with van der Waals surface area (Å²) in [7, 11) is 4.43. The lowest BCUT2D eigenvalue weighted by molar-refractivity contribution is -0.141. The summed E-state index contributed by atoms with van der Waals surface area (Å²) in [6.45, 7) is 0.612. The van der Waals surface area contributed by atoms with E-state index in [4.69, 9.17) is 0 Å². The van der Waals surface area contributed by atoms with Crippen molar-refractivity contribution in [3.8, 4) is 0 Å². The van der Waals surface area contributed by atoms with E-state index in [-0.39, 0.29) is 12.5 Å². The molecule has 0 aliphatic heterocycles. The minimum absolute atomic E-state index is 0.167. The van der Waals surface area contributed by atoms with Gasteiger partial charge < -0.3 is 9.47 Å². The molecule has 1 aromatic heterocycles. The van der Waals surface area contributed by atoms with Gasteiger partial charge in [-0.1, -0.05) is 0 Å². The average Bonchev–Trinajstić information content (AvgIpc) is 2.37. The summed E-state index contributed by atoms with van der Waals surface area (Å²) in [6, 6.07) is 3.22. The molecule has 0 aromatic carbocycles. The van der Waals surface area contributed by atoms with Crippen LogP contribution in [0.3, 0.4) is 0 Å². The van der Waals surface area contributed by atoms with Gasteiger partial charge in [0.15, 0.2) is 0 Å². The highest BCUT2D eigenvalue weighted by Crippen LogP contribution is 2.05. The van der Waals surface area contributed by atoms with Crippen molar-refractivity contribution >= 4 is 11.9 Å². The number of likely N-dealkylation sites (N-methyl/N-ethyl adjacent to an activating group) is 1. The molecule has 98 valence electrons. The van der Waals surface area contributed by atoms with Crippen LogP contribution in [0.25, 0.3) is 0 Å². The fourth-order valence-corrected chi connectivity index (χ4v) is 1.43. The maximum Gasteiger partial charge on any atom is 0.337 e. The summed E-state index contributed by atoms with van der Waals surface area (Å²) in [5, 5.41) is 0. The van der Waals surface area contributed by atoms with Crippen LogP contribution in [0, 0.1) is 0 Å². The first-order chi connectivity index (χ1) is 8.56. The number of carbonyl (C=O) groups excluding carboxylic acids is 2. The third-order valence-electron chi connectivity index (χ3n) is 2.30. The van der Waals surface area contributed by atoms with E-state index < -0.39 is 5.97 Å². The molecule has 0 saturated carbocycles. The van der Waals surface area contributed by atoms with Crippen molar-refractivity contribution in [2.75, 3.05) is 27.8 Å². The third kappa shape index (κ3) is 4.14. The minimum Gasteiger partial charge on any atom is -0.468 e. The van der Waals surface area contributed by atoms with Crippen LogP contribution in [0.1, 0.15) is 16.1 Å². The first-order valence-electron chi connectivity index (χ1n) is 5.35. The van der Waals surface area contributed by atoms with Crippen molar-refractivity contribution < 1.29 is 19.1 Å². The lowest BCUT2D eigenvalue weighted by Crippen LogP contribution is -2.26. The fourth-order valence-electron chi connectivity index (χ4n) is 1.43. The van der Waals surface area contributed by atoms with Gasteiger partial charge in [0.2, 0.25) is 0 Å². The first-order valence-corrected chi connectivity index (χ1v) is 5.35. The van der Waals surface area contributed by atoms with E-state index in [9.17, 15) is 9.59 Å². The summed E-state index contributed by atoms with van der Waals surface area (Å²) < 4.78 is 9.19. The zero-order chi connectivity index (χ0) is 13.5. The Morgan fingerprint density at radius 3 is 2.67 bits per heavy atom. The Labute approximate surface area is 106 Å². The number of nitrogens with zero attached hydrogens (tertiary/aromatic N) is 2. The molecule has 0 bridgehead atoms. The van der Waals surface area contributed by atoms with Crippen LogP contribution in [-0.2, 0) is 20.8 Å². The summed E-state index contributed by atoms with van der Waals surface area (Å²) >= 11 is 0. The zero-order valence-electron chi connectivity index (χ0n) is 10.7. The molecular weight excluding hydrogens is 236 g/mol. The van der Waals surface area contributed by atoms with Crippen LogP contribution in [-0.4, -0.2) is 49.6 Å². The van der Waals surface area contributed by atoms with Gasteiger partial charge in [0.1, 0.15) is 0 Å². The highest BCUT2D eigenvalue weighted by atomic mass is 16.5. The zero-order valence-corrected chi connectivity index (χ0v) is 10.7. The van der Waals surface area contributed by atoms with Crippen LogP contribution >= 0.6 is 0 Å². The molecule has 0 fully saturated rings. The van der Waals surface area contributed by atoms with Crippen molar-refractivity contribution in [2.45, 2.75) is 6.54 Å². The Morgan fingerprint density at radius 1 is 1.33 bits per heavy atom. The minimum atomic E-state index is -0.408. The topological polar surface area (TPSA) is 68.7 Å². The SMILES string of the molecule is COC(=O)CN(C)Cc1cc(C(=O)OC)ccn1. The Kier molecular flexibility index (Phi) is 5.26. The molecule has 0 atom stereocenters. The predicted molar refractivity (Wildman–Crippen MR) is 63.9 cm³/mol. The van der Waals surface area contributed by atoms with Gasteiger partial charge in [0.25, 0.3) is 0 Å². The molecule has 6 heteroatoms. The van der Waals surface area contributed by atoms with Crippen molar-refractivity contribution in [1.29, 1.82) is 0 Å². The van der Waals surface area contributed by atoms with Crippen molar-refractivity contribution in [2.24, 2.45) is 0 Å². The molecule has 1 heterocycles. The van der Waals surface area contributed by atoms with Crippen molar-refractivity contribution in [3.05, 3.63) is 29.6 Å². The van der Waals surface area contributed by atoms with Gasteiger partial charge in [-0.2, -0.15) is 0 Å². The maximum absolute atomic E-state index is 11.3. The number of pyridine rings is 1. The highest BCUT2D eigenvalue weighted by molar-refractivity contribution is 5.89. The molecule has 0 aliphatic rings.